The molecule has 0 atom stereocenters. The summed E-state index contributed by atoms with van der Waals surface area (Å²) in [6.07, 6.45) is 8.60. The third kappa shape index (κ3) is 8.48. The normalized spacial score (nSPS) is 19.6. The molecule has 15 heteroatoms. The number of carbonyl (C=O) groups is 4. The third-order valence-electron chi connectivity index (χ3n) is 12.4. The number of hydrogen-bond donors (Lipinski definition) is 2. The Hall–Kier alpha value is -5.05. The molecule has 0 aliphatic carbocycles. The Kier molecular flexibility index (Phi) is 11.2. The van der Waals surface area contributed by atoms with Crippen LogP contribution in [0, 0.1) is 12.3 Å². The number of anilines is 2. The van der Waals surface area contributed by atoms with Gasteiger partial charge in [-0.15, -0.1) is 0 Å². The van der Waals surface area contributed by atoms with E-state index in [4.69, 9.17) is 21.4 Å². The maximum Gasteiger partial charge on any atom is 0.328 e. The number of aryl methyl sites for hydroxylation is 1. The van der Waals surface area contributed by atoms with Gasteiger partial charge in [0.2, 0.25) is 5.91 Å². The second-order valence-corrected chi connectivity index (χ2v) is 16.4. The molecule has 4 saturated heterocycles. The SMILES string of the molecule is COc1cc2nn(C3CCN(CCN4CCC5(CC4)CCN(C(=O)c4ccc(Cl)c(N6CCC(=O)NC6=O)c4)CC5)CC3)cc2cc1NC(=O)c1cccc(C)n1. The Balaban J connectivity index is 0.783. The summed E-state index contributed by atoms with van der Waals surface area (Å²) in [7, 11) is 1.59. The van der Waals surface area contributed by atoms with Crippen LogP contribution in [-0.4, -0.2) is 119 Å². The number of fused-ring (bicyclic) bond motifs is 1. The first-order valence-electron chi connectivity index (χ1n) is 20.0. The molecule has 0 saturated carbocycles. The highest BCUT2D eigenvalue weighted by atomic mass is 35.5. The number of halogens is 1. The number of methoxy groups -OCH3 is 1. The molecule has 4 fully saturated rings. The van der Waals surface area contributed by atoms with E-state index in [1.807, 2.05) is 36.1 Å². The van der Waals surface area contributed by atoms with Gasteiger partial charge in [0.15, 0.2) is 0 Å². The fraction of sp³-hybridized carbons (Fsp3) is 0.476. The number of amides is 5. The second-order valence-electron chi connectivity index (χ2n) is 16.0. The van der Waals surface area contributed by atoms with E-state index < -0.39 is 6.03 Å². The molecule has 2 aromatic carbocycles. The standard InChI is InChI=1S/C42H50ClN9O5/c1-28-4-3-5-33(44-28)39(54)45-35-24-30-27-52(47-34(30)26-37(35)57-2)31-8-15-48(16-9-31)22-23-49-18-11-42(12-19-49)13-20-50(21-14-42)40(55)29-6-7-32(43)36(25-29)51-17-10-38(53)46-41(51)56/h3-7,24-27,31H,8-23H2,1-2H3,(H,45,54)(H,46,53,56). The molecule has 5 amide bonds. The number of urea groups is 1. The van der Waals surface area contributed by atoms with Crippen LogP contribution in [0.1, 0.15) is 77.5 Å². The largest absolute Gasteiger partial charge is 0.494 e. The lowest BCUT2D eigenvalue weighted by Crippen LogP contribution is -2.50. The number of nitrogens with zero attached hydrogens (tertiary/aromatic N) is 7. The lowest BCUT2D eigenvalue weighted by Gasteiger charge is -2.47. The van der Waals surface area contributed by atoms with E-state index in [0.29, 0.717) is 52.5 Å². The Morgan fingerprint density at radius 3 is 2.35 bits per heavy atom. The van der Waals surface area contributed by atoms with Crippen molar-refractivity contribution in [2.24, 2.45) is 5.41 Å². The Morgan fingerprint density at radius 2 is 1.65 bits per heavy atom. The number of nitrogens with one attached hydrogen (secondary N) is 2. The van der Waals surface area contributed by atoms with Gasteiger partial charge in [0.25, 0.3) is 11.8 Å². The highest BCUT2D eigenvalue weighted by Gasteiger charge is 2.39. The van der Waals surface area contributed by atoms with Gasteiger partial charge in [0.1, 0.15) is 11.4 Å². The van der Waals surface area contributed by atoms with E-state index in [2.05, 4.69) is 36.3 Å². The molecular formula is C42H50ClN9O5. The van der Waals surface area contributed by atoms with E-state index in [1.54, 1.807) is 31.4 Å². The van der Waals surface area contributed by atoms with Crippen molar-refractivity contribution in [3.8, 4) is 5.75 Å². The molecule has 1 spiro atoms. The van der Waals surface area contributed by atoms with E-state index >= 15 is 0 Å². The number of benzene rings is 2. The molecule has 4 aliphatic heterocycles. The number of hydrogen-bond acceptors (Lipinski definition) is 9. The van der Waals surface area contributed by atoms with Gasteiger partial charge in [0, 0.05) is 81.1 Å². The summed E-state index contributed by atoms with van der Waals surface area (Å²) in [6.45, 7) is 9.84. The average molecular weight is 796 g/mol. The monoisotopic (exact) mass is 795 g/mol. The van der Waals surface area contributed by atoms with Gasteiger partial charge < -0.3 is 24.8 Å². The number of likely N-dealkylation sites (tertiary alicyclic amines) is 3. The van der Waals surface area contributed by atoms with Crippen LogP contribution in [0.15, 0.2) is 54.7 Å². The number of carbonyl (C=O) groups excluding carboxylic acids is 4. The summed E-state index contributed by atoms with van der Waals surface area (Å²) >= 11 is 6.42. The number of imide groups is 1. The lowest BCUT2D eigenvalue weighted by atomic mass is 9.71. The summed E-state index contributed by atoms with van der Waals surface area (Å²) in [5.41, 5.74) is 3.79. The summed E-state index contributed by atoms with van der Waals surface area (Å²) in [4.78, 5) is 63.4. The van der Waals surface area contributed by atoms with Gasteiger partial charge in [-0.2, -0.15) is 5.10 Å². The van der Waals surface area contributed by atoms with Gasteiger partial charge in [-0.3, -0.25) is 29.3 Å². The van der Waals surface area contributed by atoms with Crippen LogP contribution in [0.3, 0.4) is 0 Å². The molecule has 300 valence electrons. The molecule has 0 unspecified atom stereocenters. The number of aromatic nitrogens is 3. The van der Waals surface area contributed by atoms with Crippen LogP contribution < -0.4 is 20.3 Å². The minimum absolute atomic E-state index is 0.0507. The van der Waals surface area contributed by atoms with E-state index in [1.165, 1.54) is 4.90 Å². The molecule has 2 aromatic heterocycles. The van der Waals surface area contributed by atoms with Crippen molar-refractivity contribution < 1.29 is 23.9 Å². The summed E-state index contributed by atoms with van der Waals surface area (Å²) in [5, 5.41) is 11.5. The summed E-state index contributed by atoms with van der Waals surface area (Å²) < 4.78 is 7.71. The van der Waals surface area contributed by atoms with Crippen molar-refractivity contribution in [3.05, 3.63) is 76.7 Å². The van der Waals surface area contributed by atoms with Gasteiger partial charge in [-0.05, 0) is 100 Å². The zero-order valence-electron chi connectivity index (χ0n) is 32.6. The Morgan fingerprint density at radius 1 is 0.930 bits per heavy atom. The minimum atomic E-state index is -0.521. The summed E-state index contributed by atoms with van der Waals surface area (Å²) in [6, 6.07) is 14.0. The van der Waals surface area contributed by atoms with Crippen molar-refractivity contribution >= 4 is 57.6 Å². The molecule has 14 nitrogen and oxygen atoms in total. The fourth-order valence-corrected chi connectivity index (χ4v) is 9.06. The second kappa shape index (κ2) is 16.4. The molecular weight excluding hydrogens is 746 g/mol. The van der Waals surface area contributed by atoms with Crippen molar-refractivity contribution in [1.82, 2.24) is 34.8 Å². The van der Waals surface area contributed by atoms with Gasteiger partial charge in [-0.25, -0.2) is 9.78 Å². The van der Waals surface area contributed by atoms with Crippen molar-refractivity contribution in [2.75, 3.05) is 76.2 Å². The molecule has 8 rings (SSSR count). The molecule has 57 heavy (non-hydrogen) atoms. The molecule has 4 aliphatic rings. The van der Waals surface area contributed by atoms with Crippen LogP contribution in [0.25, 0.3) is 10.9 Å². The van der Waals surface area contributed by atoms with Crippen molar-refractivity contribution in [3.63, 3.8) is 0 Å². The topological polar surface area (TPSA) is 145 Å². The number of piperidine rings is 3. The van der Waals surface area contributed by atoms with Crippen LogP contribution in [0.5, 0.6) is 5.75 Å². The molecule has 0 radical (unpaired) electrons. The van der Waals surface area contributed by atoms with Crippen LogP contribution in [-0.2, 0) is 4.79 Å². The smallest absolute Gasteiger partial charge is 0.328 e. The van der Waals surface area contributed by atoms with E-state index in [-0.39, 0.29) is 36.1 Å². The van der Waals surface area contributed by atoms with Crippen LogP contribution in [0.2, 0.25) is 5.02 Å². The number of rotatable bonds is 9. The predicted octanol–water partition coefficient (Wildman–Crippen LogP) is 5.76. The average Bonchev–Trinajstić information content (AvgIpc) is 3.64. The van der Waals surface area contributed by atoms with Crippen LogP contribution in [0.4, 0.5) is 16.2 Å². The molecule has 0 bridgehead atoms. The highest BCUT2D eigenvalue weighted by molar-refractivity contribution is 6.34. The Labute approximate surface area is 337 Å². The maximum absolute atomic E-state index is 13.6. The first kappa shape index (κ1) is 38.8. The first-order valence-corrected chi connectivity index (χ1v) is 20.4. The van der Waals surface area contributed by atoms with Gasteiger partial charge >= 0.3 is 6.03 Å². The maximum atomic E-state index is 13.6. The Bertz CT molecular complexity index is 2170. The van der Waals surface area contributed by atoms with Crippen molar-refractivity contribution in [2.45, 2.75) is 57.9 Å². The third-order valence-corrected chi connectivity index (χ3v) is 12.8. The fourth-order valence-electron chi connectivity index (χ4n) is 8.84. The number of ether oxygens (including phenoxy) is 1. The number of pyridine rings is 1. The zero-order valence-corrected chi connectivity index (χ0v) is 33.4. The quantitative estimate of drug-likeness (QED) is 0.216. The van der Waals surface area contributed by atoms with Gasteiger partial charge in [-0.1, -0.05) is 17.7 Å². The zero-order chi connectivity index (χ0) is 39.7. The first-order chi connectivity index (χ1) is 27.6. The van der Waals surface area contributed by atoms with E-state index in [9.17, 15) is 19.2 Å². The van der Waals surface area contributed by atoms with Crippen LogP contribution >= 0.6 is 11.6 Å². The lowest BCUT2D eigenvalue weighted by molar-refractivity contribution is -0.120. The molecule has 4 aromatic rings. The predicted molar refractivity (Wildman–Crippen MR) is 218 cm³/mol. The molecule has 2 N–H and O–H groups in total. The van der Waals surface area contributed by atoms with E-state index in [0.717, 1.165) is 94.4 Å². The highest BCUT2D eigenvalue weighted by Crippen LogP contribution is 2.42. The molecule has 6 heterocycles. The minimum Gasteiger partial charge on any atom is -0.494 e. The summed E-state index contributed by atoms with van der Waals surface area (Å²) in [5.74, 6) is -0.0892. The van der Waals surface area contributed by atoms with Gasteiger partial charge in [0.05, 0.1) is 35.1 Å². The van der Waals surface area contributed by atoms with Crippen molar-refractivity contribution in [1.29, 1.82) is 0 Å².